The lowest BCUT2D eigenvalue weighted by Gasteiger charge is -2.36. The summed E-state index contributed by atoms with van der Waals surface area (Å²) >= 11 is 3.63. The Balaban J connectivity index is 1.47. The molecule has 4 nitrogen and oxygen atoms in total. The second kappa shape index (κ2) is 8.24. The van der Waals surface area contributed by atoms with Crippen molar-refractivity contribution in [2.24, 2.45) is 0 Å². The van der Waals surface area contributed by atoms with Gasteiger partial charge < -0.3 is 5.32 Å². The standard InChI is InChI=1S/C29H26BrN3O/c1-17(2)18-10-12-19(13-11-18)21-15-24-27(26(34)16-21)28(20-6-5-7-22(30)14-20)33-25-9-4-3-8-23(25)31-29(33)32-24/h3-14,17,21,28H,15-16H2,1-2H3,(H,31,32). The van der Waals surface area contributed by atoms with Crippen molar-refractivity contribution in [2.75, 3.05) is 5.32 Å². The number of halogens is 1. The van der Waals surface area contributed by atoms with Crippen LogP contribution in [0.3, 0.4) is 0 Å². The number of para-hydroxylation sites is 2. The molecule has 1 aliphatic carbocycles. The Bertz CT molecular complexity index is 1450. The van der Waals surface area contributed by atoms with Gasteiger partial charge in [-0.3, -0.25) is 9.36 Å². The molecule has 0 bridgehead atoms. The Kier molecular flexibility index (Phi) is 5.18. The minimum Gasteiger partial charge on any atom is -0.329 e. The van der Waals surface area contributed by atoms with Gasteiger partial charge in [0, 0.05) is 22.2 Å². The molecule has 34 heavy (non-hydrogen) atoms. The van der Waals surface area contributed by atoms with Crippen LogP contribution in [0.2, 0.25) is 0 Å². The van der Waals surface area contributed by atoms with E-state index >= 15 is 0 Å². The lowest BCUT2D eigenvalue weighted by atomic mass is 9.77. The number of aromatic nitrogens is 2. The number of benzene rings is 3. The summed E-state index contributed by atoms with van der Waals surface area (Å²) in [6.45, 7) is 4.41. The number of nitrogens with one attached hydrogen (secondary N) is 1. The van der Waals surface area contributed by atoms with Gasteiger partial charge in [-0.25, -0.2) is 4.98 Å². The monoisotopic (exact) mass is 511 g/mol. The van der Waals surface area contributed by atoms with Crippen LogP contribution in [0.15, 0.2) is 88.5 Å². The van der Waals surface area contributed by atoms with Gasteiger partial charge in [0.15, 0.2) is 5.78 Å². The third-order valence-electron chi connectivity index (χ3n) is 7.14. The fraction of sp³-hybridized carbons (Fsp3) is 0.241. The molecular weight excluding hydrogens is 486 g/mol. The van der Waals surface area contributed by atoms with E-state index in [2.05, 4.69) is 82.1 Å². The summed E-state index contributed by atoms with van der Waals surface area (Å²) in [7, 11) is 0. The first-order chi connectivity index (χ1) is 16.5. The van der Waals surface area contributed by atoms with E-state index in [4.69, 9.17) is 4.98 Å². The van der Waals surface area contributed by atoms with Crippen LogP contribution in [-0.4, -0.2) is 15.3 Å². The summed E-state index contributed by atoms with van der Waals surface area (Å²) in [4.78, 5) is 18.7. The molecule has 2 heterocycles. The fourth-order valence-corrected chi connectivity index (χ4v) is 5.82. The maximum atomic E-state index is 13.8. The molecule has 0 spiro atoms. The highest BCUT2D eigenvalue weighted by Crippen LogP contribution is 2.46. The Morgan fingerprint density at radius 2 is 1.76 bits per heavy atom. The lowest BCUT2D eigenvalue weighted by Crippen LogP contribution is -2.33. The number of hydrogen-bond acceptors (Lipinski definition) is 3. The number of carbonyl (C=O) groups is 1. The molecule has 0 radical (unpaired) electrons. The molecule has 2 aliphatic rings. The zero-order valence-electron chi connectivity index (χ0n) is 19.3. The third-order valence-corrected chi connectivity index (χ3v) is 7.63. The molecule has 2 atom stereocenters. The van der Waals surface area contributed by atoms with Crippen molar-refractivity contribution in [3.63, 3.8) is 0 Å². The Labute approximate surface area is 207 Å². The number of ketones is 1. The molecule has 0 amide bonds. The molecule has 0 saturated carbocycles. The minimum absolute atomic E-state index is 0.166. The van der Waals surface area contributed by atoms with Crippen LogP contribution in [0, 0.1) is 0 Å². The van der Waals surface area contributed by atoms with E-state index in [1.54, 1.807) is 0 Å². The minimum atomic E-state index is -0.201. The predicted octanol–water partition coefficient (Wildman–Crippen LogP) is 7.34. The molecule has 1 aromatic heterocycles. The molecule has 4 aromatic rings. The van der Waals surface area contributed by atoms with E-state index in [0.29, 0.717) is 12.3 Å². The normalized spacial score (nSPS) is 19.8. The SMILES string of the molecule is CC(C)c1ccc(C2CC(=O)C3=C(C2)Nc2nc4ccccc4n2C3c2cccc(Br)c2)cc1. The van der Waals surface area contributed by atoms with Gasteiger partial charge in [-0.05, 0) is 59.2 Å². The number of allylic oxidation sites excluding steroid dienone is 2. The van der Waals surface area contributed by atoms with Crippen molar-refractivity contribution in [3.8, 4) is 0 Å². The van der Waals surface area contributed by atoms with E-state index in [1.165, 1.54) is 11.1 Å². The van der Waals surface area contributed by atoms with Gasteiger partial charge in [0.1, 0.15) is 0 Å². The van der Waals surface area contributed by atoms with Crippen molar-refractivity contribution in [1.82, 2.24) is 9.55 Å². The van der Waals surface area contributed by atoms with Crippen LogP contribution < -0.4 is 5.32 Å². The molecule has 0 saturated heterocycles. The van der Waals surface area contributed by atoms with Gasteiger partial charge in [-0.1, -0.05) is 78.3 Å². The highest BCUT2D eigenvalue weighted by molar-refractivity contribution is 9.10. The van der Waals surface area contributed by atoms with Crippen LogP contribution in [0.1, 0.15) is 61.3 Å². The second-order valence-electron chi connectivity index (χ2n) is 9.62. The topological polar surface area (TPSA) is 46.9 Å². The maximum Gasteiger partial charge on any atom is 0.209 e. The molecule has 3 aromatic carbocycles. The number of hydrogen-bond donors (Lipinski definition) is 1. The smallest absolute Gasteiger partial charge is 0.209 e. The predicted molar refractivity (Wildman–Crippen MR) is 140 cm³/mol. The Morgan fingerprint density at radius 3 is 2.53 bits per heavy atom. The van der Waals surface area contributed by atoms with Crippen molar-refractivity contribution < 1.29 is 4.79 Å². The van der Waals surface area contributed by atoms with Crippen molar-refractivity contribution in [3.05, 3.63) is 105 Å². The summed E-state index contributed by atoms with van der Waals surface area (Å²) in [5.41, 5.74) is 7.46. The second-order valence-corrected chi connectivity index (χ2v) is 10.5. The summed E-state index contributed by atoms with van der Waals surface area (Å²) in [6, 6.07) is 25.0. The summed E-state index contributed by atoms with van der Waals surface area (Å²) in [6.07, 6.45) is 1.32. The largest absolute Gasteiger partial charge is 0.329 e. The number of fused-ring (bicyclic) bond motifs is 3. The van der Waals surface area contributed by atoms with Crippen LogP contribution in [-0.2, 0) is 4.79 Å². The summed E-state index contributed by atoms with van der Waals surface area (Å²) in [5.74, 6) is 1.67. The van der Waals surface area contributed by atoms with E-state index in [9.17, 15) is 4.79 Å². The van der Waals surface area contributed by atoms with Crippen LogP contribution in [0.25, 0.3) is 11.0 Å². The van der Waals surface area contributed by atoms with Crippen molar-refractivity contribution in [1.29, 1.82) is 0 Å². The average Bonchev–Trinajstić information content (AvgIpc) is 3.20. The zero-order chi connectivity index (χ0) is 23.4. The molecule has 2 unspecified atom stereocenters. The van der Waals surface area contributed by atoms with Crippen LogP contribution in [0.5, 0.6) is 0 Å². The molecule has 170 valence electrons. The van der Waals surface area contributed by atoms with E-state index in [-0.39, 0.29) is 17.7 Å². The molecule has 5 heteroatoms. The van der Waals surface area contributed by atoms with Gasteiger partial charge >= 0.3 is 0 Å². The van der Waals surface area contributed by atoms with Crippen LogP contribution in [0.4, 0.5) is 5.95 Å². The molecule has 1 aliphatic heterocycles. The third kappa shape index (κ3) is 3.50. The summed E-state index contributed by atoms with van der Waals surface area (Å²) < 4.78 is 3.19. The number of imidazole rings is 1. The molecule has 1 N–H and O–H groups in total. The van der Waals surface area contributed by atoms with Crippen molar-refractivity contribution >= 4 is 38.7 Å². The summed E-state index contributed by atoms with van der Waals surface area (Å²) in [5, 5.41) is 3.56. The first-order valence-electron chi connectivity index (χ1n) is 11.8. The van der Waals surface area contributed by atoms with E-state index in [1.807, 2.05) is 30.3 Å². The van der Waals surface area contributed by atoms with E-state index < -0.39 is 0 Å². The van der Waals surface area contributed by atoms with Gasteiger partial charge in [0.25, 0.3) is 0 Å². The lowest BCUT2D eigenvalue weighted by molar-refractivity contribution is -0.116. The first kappa shape index (κ1) is 21.4. The molecule has 0 fully saturated rings. The number of anilines is 1. The van der Waals surface area contributed by atoms with E-state index in [0.717, 1.165) is 44.7 Å². The Morgan fingerprint density at radius 1 is 0.971 bits per heavy atom. The zero-order valence-corrected chi connectivity index (χ0v) is 20.8. The van der Waals surface area contributed by atoms with Gasteiger partial charge in [-0.2, -0.15) is 0 Å². The quantitative estimate of drug-likeness (QED) is 0.313. The number of carbonyl (C=O) groups excluding carboxylic acids is 1. The number of rotatable bonds is 3. The van der Waals surface area contributed by atoms with Crippen molar-refractivity contribution in [2.45, 2.75) is 44.6 Å². The molecule has 6 rings (SSSR count). The average molecular weight is 512 g/mol. The van der Waals surface area contributed by atoms with Crippen LogP contribution >= 0.6 is 15.9 Å². The first-order valence-corrected chi connectivity index (χ1v) is 12.6. The fourth-order valence-electron chi connectivity index (χ4n) is 5.41. The van der Waals surface area contributed by atoms with Gasteiger partial charge in [0.2, 0.25) is 5.95 Å². The maximum absolute atomic E-state index is 13.8. The highest BCUT2D eigenvalue weighted by Gasteiger charge is 2.39. The molecular formula is C29H26BrN3O. The van der Waals surface area contributed by atoms with Gasteiger partial charge in [0.05, 0.1) is 17.1 Å². The number of Topliss-reactive ketones (excluding diaryl/α,β-unsaturated/α-hetero) is 1. The number of nitrogens with zero attached hydrogens (tertiary/aromatic N) is 2. The van der Waals surface area contributed by atoms with Gasteiger partial charge in [-0.15, -0.1) is 0 Å². The highest BCUT2D eigenvalue weighted by atomic mass is 79.9. The Hall–Kier alpha value is -3.18.